The summed E-state index contributed by atoms with van der Waals surface area (Å²) in [6, 6.07) is 3.28. The second-order valence-electron chi connectivity index (χ2n) is 5.04. The fraction of sp³-hybridized carbons (Fsp3) is 0.500. The molecular formula is C14H16O6. The van der Waals surface area contributed by atoms with E-state index in [1.54, 1.807) is 19.2 Å². The molecule has 0 unspecified atom stereocenters. The summed E-state index contributed by atoms with van der Waals surface area (Å²) in [4.78, 5) is 11.8. The van der Waals surface area contributed by atoms with E-state index in [9.17, 15) is 4.79 Å². The maximum atomic E-state index is 11.8. The Labute approximate surface area is 116 Å². The summed E-state index contributed by atoms with van der Waals surface area (Å²) in [5, 5.41) is 0. The van der Waals surface area contributed by atoms with Crippen LogP contribution in [0.2, 0.25) is 0 Å². The van der Waals surface area contributed by atoms with Crippen molar-refractivity contribution in [2.45, 2.75) is 0 Å². The molecule has 3 rings (SSSR count). The summed E-state index contributed by atoms with van der Waals surface area (Å²) in [6.07, 6.45) is 0. The van der Waals surface area contributed by atoms with E-state index >= 15 is 0 Å². The number of hydrogen-bond acceptors (Lipinski definition) is 6. The predicted molar refractivity (Wildman–Crippen MR) is 68.6 cm³/mol. The Kier molecular flexibility index (Phi) is 3.17. The number of fused-ring (bicyclic) bond motifs is 1. The van der Waals surface area contributed by atoms with Crippen molar-refractivity contribution in [1.29, 1.82) is 0 Å². The number of benzene rings is 1. The zero-order chi connectivity index (χ0) is 14.2. The molecule has 1 saturated heterocycles. The number of hydrogen-bond donors (Lipinski definition) is 0. The second-order valence-corrected chi connectivity index (χ2v) is 5.04. The monoisotopic (exact) mass is 280 g/mol. The number of methoxy groups -OCH3 is 2. The van der Waals surface area contributed by atoms with Gasteiger partial charge in [0.1, 0.15) is 18.8 Å². The van der Waals surface area contributed by atoms with E-state index in [4.69, 9.17) is 23.7 Å². The van der Waals surface area contributed by atoms with Crippen LogP contribution in [0.1, 0.15) is 10.4 Å². The first-order valence-electron chi connectivity index (χ1n) is 6.32. The average Bonchev–Trinajstić information content (AvgIpc) is 2.65. The number of carbonyl (C=O) groups is 1. The number of esters is 1. The van der Waals surface area contributed by atoms with Gasteiger partial charge in [-0.2, -0.15) is 0 Å². The molecule has 0 bridgehead atoms. The predicted octanol–water partition coefficient (Wildman–Crippen LogP) is 1.27. The van der Waals surface area contributed by atoms with Gasteiger partial charge in [-0.25, -0.2) is 4.79 Å². The molecular weight excluding hydrogens is 264 g/mol. The molecule has 0 aromatic heterocycles. The Balaban J connectivity index is 2.01. The maximum Gasteiger partial charge on any atom is 0.341 e. The molecule has 1 aromatic carbocycles. The van der Waals surface area contributed by atoms with Gasteiger partial charge in [-0.15, -0.1) is 0 Å². The highest BCUT2D eigenvalue weighted by Gasteiger charge is 2.43. The highest BCUT2D eigenvalue weighted by molar-refractivity contribution is 5.94. The third-order valence-corrected chi connectivity index (χ3v) is 3.56. The fourth-order valence-electron chi connectivity index (χ4n) is 2.31. The van der Waals surface area contributed by atoms with Crippen LogP contribution in [0, 0.1) is 5.41 Å². The van der Waals surface area contributed by atoms with Crippen LogP contribution in [0.4, 0.5) is 0 Å². The van der Waals surface area contributed by atoms with Crippen LogP contribution < -0.4 is 14.2 Å². The van der Waals surface area contributed by atoms with Crippen molar-refractivity contribution in [2.75, 3.05) is 40.6 Å². The van der Waals surface area contributed by atoms with Crippen molar-refractivity contribution < 1.29 is 28.5 Å². The lowest BCUT2D eigenvalue weighted by molar-refractivity contribution is -0.143. The molecule has 1 fully saturated rings. The molecule has 1 aromatic rings. The van der Waals surface area contributed by atoms with E-state index in [-0.39, 0.29) is 5.41 Å². The lowest BCUT2D eigenvalue weighted by Gasteiger charge is -2.38. The van der Waals surface area contributed by atoms with Crippen LogP contribution in [0.25, 0.3) is 0 Å². The van der Waals surface area contributed by atoms with Crippen LogP contribution >= 0.6 is 0 Å². The van der Waals surface area contributed by atoms with Gasteiger partial charge in [0.2, 0.25) is 5.75 Å². The van der Waals surface area contributed by atoms with E-state index in [0.29, 0.717) is 49.2 Å². The summed E-state index contributed by atoms with van der Waals surface area (Å²) < 4.78 is 26.9. The average molecular weight is 280 g/mol. The summed E-state index contributed by atoms with van der Waals surface area (Å²) in [6.45, 7) is 2.10. The molecule has 1 spiro atoms. The smallest absolute Gasteiger partial charge is 0.341 e. The molecule has 6 heteroatoms. The molecule has 6 nitrogen and oxygen atoms in total. The Morgan fingerprint density at radius 1 is 1.10 bits per heavy atom. The van der Waals surface area contributed by atoms with E-state index in [1.165, 1.54) is 7.11 Å². The molecule has 0 N–H and O–H groups in total. The lowest BCUT2D eigenvalue weighted by atomic mass is 9.88. The molecule has 2 heterocycles. The van der Waals surface area contributed by atoms with Crippen LogP contribution in [-0.2, 0) is 9.47 Å². The number of rotatable bonds is 2. The summed E-state index contributed by atoms with van der Waals surface area (Å²) >= 11 is 0. The Morgan fingerprint density at radius 2 is 1.80 bits per heavy atom. The minimum absolute atomic E-state index is 0.141. The molecule has 0 amide bonds. The van der Waals surface area contributed by atoms with Gasteiger partial charge in [-0.05, 0) is 12.1 Å². The van der Waals surface area contributed by atoms with Gasteiger partial charge in [-0.3, -0.25) is 0 Å². The zero-order valence-corrected chi connectivity index (χ0v) is 11.4. The van der Waals surface area contributed by atoms with Crippen molar-refractivity contribution in [2.24, 2.45) is 5.41 Å². The topological polar surface area (TPSA) is 63.2 Å². The lowest BCUT2D eigenvalue weighted by Crippen LogP contribution is -2.50. The highest BCUT2D eigenvalue weighted by Crippen LogP contribution is 2.45. The minimum Gasteiger partial charge on any atom is -0.493 e. The maximum absolute atomic E-state index is 11.8. The molecule has 2 aliphatic heterocycles. The van der Waals surface area contributed by atoms with Gasteiger partial charge in [0.15, 0.2) is 11.5 Å². The molecule has 2 aliphatic rings. The third kappa shape index (κ3) is 1.96. The van der Waals surface area contributed by atoms with Gasteiger partial charge in [-0.1, -0.05) is 0 Å². The van der Waals surface area contributed by atoms with Crippen molar-refractivity contribution in [1.82, 2.24) is 0 Å². The van der Waals surface area contributed by atoms with Crippen molar-refractivity contribution in [3.8, 4) is 17.2 Å². The zero-order valence-electron chi connectivity index (χ0n) is 11.4. The van der Waals surface area contributed by atoms with Crippen LogP contribution in [0.5, 0.6) is 17.2 Å². The normalized spacial score (nSPS) is 18.9. The summed E-state index contributed by atoms with van der Waals surface area (Å²) in [7, 11) is 2.88. The third-order valence-electron chi connectivity index (χ3n) is 3.56. The Hall–Kier alpha value is -1.95. The standard InChI is InChI=1S/C14H16O6/c1-16-10-4-3-9(13(15)17-2)11-12(10)20-8-14(7-19-11)5-18-6-14/h3-4H,5-8H2,1-2H3. The van der Waals surface area contributed by atoms with Crippen LogP contribution in [0.3, 0.4) is 0 Å². The van der Waals surface area contributed by atoms with Crippen molar-refractivity contribution >= 4 is 5.97 Å². The van der Waals surface area contributed by atoms with Gasteiger partial charge in [0.25, 0.3) is 0 Å². The van der Waals surface area contributed by atoms with E-state index in [1.807, 2.05) is 0 Å². The van der Waals surface area contributed by atoms with E-state index in [2.05, 4.69) is 0 Å². The molecule has 0 aliphatic carbocycles. The molecule has 0 radical (unpaired) electrons. The SMILES string of the molecule is COC(=O)c1ccc(OC)c2c1OCC1(COC1)CO2. The Bertz CT molecular complexity index is 535. The highest BCUT2D eigenvalue weighted by atomic mass is 16.6. The molecule has 108 valence electrons. The molecule has 20 heavy (non-hydrogen) atoms. The first kappa shape index (κ1) is 13.1. The van der Waals surface area contributed by atoms with E-state index in [0.717, 1.165) is 0 Å². The van der Waals surface area contributed by atoms with Gasteiger partial charge in [0.05, 0.1) is 32.8 Å². The largest absolute Gasteiger partial charge is 0.493 e. The molecule has 0 atom stereocenters. The quantitative estimate of drug-likeness (QED) is 0.760. The number of carbonyl (C=O) groups excluding carboxylic acids is 1. The van der Waals surface area contributed by atoms with Gasteiger partial charge in [0, 0.05) is 0 Å². The minimum atomic E-state index is -0.465. The second kappa shape index (κ2) is 4.86. The van der Waals surface area contributed by atoms with Crippen molar-refractivity contribution in [3.05, 3.63) is 17.7 Å². The fourth-order valence-corrected chi connectivity index (χ4v) is 2.31. The van der Waals surface area contributed by atoms with Crippen molar-refractivity contribution in [3.63, 3.8) is 0 Å². The van der Waals surface area contributed by atoms with E-state index < -0.39 is 5.97 Å². The number of ether oxygens (including phenoxy) is 5. The van der Waals surface area contributed by atoms with Gasteiger partial charge < -0.3 is 23.7 Å². The summed E-state index contributed by atoms with van der Waals surface area (Å²) in [5.74, 6) is 0.886. The van der Waals surface area contributed by atoms with Crippen LogP contribution in [-0.4, -0.2) is 46.6 Å². The van der Waals surface area contributed by atoms with Gasteiger partial charge >= 0.3 is 5.97 Å². The summed E-state index contributed by atoms with van der Waals surface area (Å²) in [5.41, 5.74) is 0.192. The first-order chi connectivity index (χ1) is 9.69. The molecule has 0 saturated carbocycles. The first-order valence-corrected chi connectivity index (χ1v) is 6.32. The van der Waals surface area contributed by atoms with Crippen LogP contribution in [0.15, 0.2) is 12.1 Å². The Morgan fingerprint density at radius 3 is 2.35 bits per heavy atom.